The Morgan fingerprint density at radius 3 is 2.75 bits per heavy atom. The van der Waals surface area contributed by atoms with Gasteiger partial charge in [-0.1, -0.05) is 6.07 Å². The molecule has 1 aromatic carbocycles. The Kier molecular flexibility index (Phi) is 8.74. The molecule has 0 saturated carbocycles. The van der Waals surface area contributed by atoms with Gasteiger partial charge >= 0.3 is 0 Å². The lowest BCUT2D eigenvalue weighted by Gasteiger charge is -2.21. The van der Waals surface area contributed by atoms with E-state index in [2.05, 4.69) is 22.0 Å². The predicted octanol–water partition coefficient (Wildman–Crippen LogP) is 4.30. The van der Waals surface area contributed by atoms with Crippen LogP contribution < -0.4 is 9.47 Å². The number of nitrogens with zero attached hydrogens (tertiary/aromatic N) is 3. The van der Waals surface area contributed by atoms with Crippen LogP contribution in [0.25, 0.3) is 0 Å². The van der Waals surface area contributed by atoms with Crippen LogP contribution in [0.2, 0.25) is 0 Å². The van der Waals surface area contributed by atoms with Gasteiger partial charge in [0, 0.05) is 38.1 Å². The second-order valence-electron chi connectivity index (χ2n) is 8.97. The van der Waals surface area contributed by atoms with Gasteiger partial charge in [0.15, 0.2) is 11.5 Å². The van der Waals surface area contributed by atoms with E-state index in [1.165, 1.54) is 45.2 Å². The molecule has 4 rings (SSSR count). The van der Waals surface area contributed by atoms with Crippen LogP contribution in [0, 0.1) is 5.92 Å². The van der Waals surface area contributed by atoms with Crippen molar-refractivity contribution in [1.82, 2.24) is 14.9 Å². The maximum atomic E-state index is 6.09. The molecule has 174 valence electrons. The van der Waals surface area contributed by atoms with E-state index in [9.17, 15) is 0 Å². The molecule has 6 heteroatoms. The van der Waals surface area contributed by atoms with Crippen LogP contribution in [0.4, 0.5) is 0 Å². The van der Waals surface area contributed by atoms with Gasteiger partial charge in [-0.05, 0) is 87.7 Å². The summed E-state index contributed by atoms with van der Waals surface area (Å²) in [4.78, 5) is 11.9. The van der Waals surface area contributed by atoms with Crippen LogP contribution in [0.1, 0.15) is 55.6 Å². The third-order valence-electron chi connectivity index (χ3n) is 6.58. The highest BCUT2D eigenvalue weighted by Gasteiger charge is 2.15. The van der Waals surface area contributed by atoms with Crippen molar-refractivity contribution in [2.24, 2.45) is 5.92 Å². The van der Waals surface area contributed by atoms with E-state index < -0.39 is 0 Å². The summed E-state index contributed by atoms with van der Waals surface area (Å²) in [5.41, 5.74) is 2.27. The molecule has 0 amide bonds. The molecule has 32 heavy (non-hydrogen) atoms. The molecule has 0 spiro atoms. The first kappa shape index (κ1) is 23.0. The molecule has 2 aliphatic heterocycles. The fraction of sp³-hybridized carbons (Fsp3) is 0.615. The average molecular weight is 440 g/mol. The highest BCUT2D eigenvalue weighted by Crippen LogP contribution is 2.29. The molecule has 2 aliphatic rings. The summed E-state index contributed by atoms with van der Waals surface area (Å²) in [6, 6.07) is 8.19. The fourth-order valence-corrected chi connectivity index (χ4v) is 4.66. The number of likely N-dealkylation sites (tertiary alicyclic amines) is 1. The van der Waals surface area contributed by atoms with Crippen LogP contribution >= 0.6 is 0 Å². The zero-order valence-electron chi connectivity index (χ0n) is 19.4. The summed E-state index contributed by atoms with van der Waals surface area (Å²) in [5, 5.41) is 0. The molecule has 0 unspecified atom stereocenters. The molecular weight excluding hydrogens is 402 g/mol. The van der Waals surface area contributed by atoms with E-state index in [1.807, 2.05) is 18.3 Å². The maximum Gasteiger partial charge on any atom is 0.161 e. The van der Waals surface area contributed by atoms with Gasteiger partial charge in [0.1, 0.15) is 5.82 Å². The molecule has 0 radical (unpaired) electrons. The Bertz CT molecular complexity index is 833. The van der Waals surface area contributed by atoms with Gasteiger partial charge in [0.2, 0.25) is 0 Å². The highest BCUT2D eigenvalue weighted by molar-refractivity contribution is 5.43. The smallest absolute Gasteiger partial charge is 0.161 e. The predicted molar refractivity (Wildman–Crippen MR) is 125 cm³/mol. The number of hydrogen-bond acceptors (Lipinski definition) is 6. The molecule has 3 heterocycles. The maximum absolute atomic E-state index is 6.09. The van der Waals surface area contributed by atoms with Crippen molar-refractivity contribution in [3.63, 3.8) is 0 Å². The van der Waals surface area contributed by atoms with Gasteiger partial charge in [-0.3, -0.25) is 0 Å². The highest BCUT2D eigenvalue weighted by atomic mass is 16.5. The van der Waals surface area contributed by atoms with Gasteiger partial charge in [0.05, 0.1) is 13.7 Å². The standard InChI is InChI=1S/C26H37N3O3/c1-30-24-8-6-22(19-25(24)32-16-4-15-29-13-2-3-14-29)20-26-27-12-9-23(28-26)7-5-21-10-17-31-18-11-21/h6,8-9,12,19,21H,2-5,7,10-11,13-18,20H2,1H3. The number of methoxy groups -OCH3 is 1. The lowest BCUT2D eigenvalue weighted by molar-refractivity contribution is 0.0639. The third kappa shape index (κ3) is 6.91. The first-order chi connectivity index (χ1) is 15.8. The molecular formula is C26H37N3O3. The molecule has 0 aliphatic carbocycles. The summed E-state index contributed by atoms with van der Waals surface area (Å²) in [6.07, 6.45) is 10.8. The lowest BCUT2D eigenvalue weighted by Crippen LogP contribution is -2.21. The molecule has 0 atom stereocenters. The van der Waals surface area contributed by atoms with Crippen molar-refractivity contribution < 1.29 is 14.2 Å². The van der Waals surface area contributed by atoms with Crippen molar-refractivity contribution in [2.75, 3.05) is 46.6 Å². The normalized spacial score (nSPS) is 17.5. The molecule has 2 saturated heterocycles. The van der Waals surface area contributed by atoms with Gasteiger partial charge in [-0.25, -0.2) is 9.97 Å². The summed E-state index contributed by atoms with van der Waals surface area (Å²) in [6.45, 7) is 6.07. The Morgan fingerprint density at radius 2 is 1.94 bits per heavy atom. The van der Waals surface area contributed by atoms with Crippen LogP contribution in [-0.4, -0.2) is 61.4 Å². The Balaban J connectivity index is 1.31. The number of benzene rings is 1. The third-order valence-corrected chi connectivity index (χ3v) is 6.58. The van der Waals surface area contributed by atoms with Gasteiger partial charge < -0.3 is 19.1 Å². The minimum absolute atomic E-state index is 0.694. The largest absolute Gasteiger partial charge is 0.493 e. The van der Waals surface area contributed by atoms with E-state index in [4.69, 9.17) is 19.2 Å². The van der Waals surface area contributed by atoms with Crippen LogP contribution in [0.15, 0.2) is 30.5 Å². The Labute approximate surface area is 192 Å². The number of ether oxygens (including phenoxy) is 3. The lowest BCUT2D eigenvalue weighted by atomic mass is 9.94. The minimum atomic E-state index is 0.694. The fourth-order valence-electron chi connectivity index (χ4n) is 4.66. The number of aryl methyl sites for hydroxylation is 1. The van der Waals surface area contributed by atoms with Gasteiger partial charge in [-0.2, -0.15) is 0 Å². The Hall–Kier alpha value is -2.18. The molecule has 0 N–H and O–H groups in total. The number of aromatic nitrogens is 2. The topological polar surface area (TPSA) is 56.7 Å². The summed E-state index contributed by atoms with van der Waals surface area (Å²) in [7, 11) is 1.69. The first-order valence-corrected chi connectivity index (χ1v) is 12.2. The van der Waals surface area contributed by atoms with E-state index in [0.29, 0.717) is 13.0 Å². The minimum Gasteiger partial charge on any atom is -0.493 e. The first-order valence-electron chi connectivity index (χ1n) is 12.2. The van der Waals surface area contributed by atoms with Gasteiger partial charge in [0.25, 0.3) is 0 Å². The molecule has 1 aromatic heterocycles. The number of rotatable bonds is 11. The zero-order valence-corrected chi connectivity index (χ0v) is 19.4. The second kappa shape index (κ2) is 12.2. The quantitative estimate of drug-likeness (QED) is 0.487. The Morgan fingerprint density at radius 1 is 1.09 bits per heavy atom. The zero-order chi connectivity index (χ0) is 22.0. The van der Waals surface area contributed by atoms with E-state index in [-0.39, 0.29) is 0 Å². The second-order valence-corrected chi connectivity index (χ2v) is 8.97. The molecule has 2 aromatic rings. The molecule has 0 bridgehead atoms. The van der Waals surface area contributed by atoms with Crippen molar-refractivity contribution in [2.45, 2.75) is 51.4 Å². The van der Waals surface area contributed by atoms with Gasteiger partial charge in [-0.15, -0.1) is 0 Å². The van der Waals surface area contributed by atoms with Crippen molar-refractivity contribution in [3.8, 4) is 11.5 Å². The number of hydrogen-bond donors (Lipinski definition) is 0. The van der Waals surface area contributed by atoms with E-state index >= 15 is 0 Å². The molecule has 6 nitrogen and oxygen atoms in total. The summed E-state index contributed by atoms with van der Waals surface area (Å²) >= 11 is 0. The van der Waals surface area contributed by atoms with Crippen molar-refractivity contribution in [3.05, 3.63) is 47.5 Å². The van der Waals surface area contributed by atoms with Crippen LogP contribution in [0.3, 0.4) is 0 Å². The van der Waals surface area contributed by atoms with Crippen molar-refractivity contribution in [1.29, 1.82) is 0 Å². The van der Waals surface area contributed by atoms with Crippen LogP contribution in [-0.2, 0) is 17.6 Å². The molecule has 2 fully saturated rings. The SMILES string of the molecule is COc1ccc(Cc2nccc(CCC3CCOCC3)n2)cc1OCCCN1CCCC1. The van der Waals surface area contributed by atoms with Crippen LogP contribution in [0.5, 0.6) is 11.5 Å². The average Bonchev–Trinajstić information content (AvgIpc) is 3.35. The van der Waals surface area contributed by atoms with E-state index in [0.717, 1.165) is 67.1 Å². The van der Waals surface area contributed by atoms with E-state index in [1.54, 1.807) is 7.11 Å². The summed E-state index contributed by atoms with van der Waals surface area (Å²) in [5.74, 6) is 3.21. The van der Waals surface area contributed by atoms with Crippen molar-refractivity contribution >= 4 is 0 Å². The summed E-state index contributed by atoms with van der Waals surface area (Å²) < 4.78 is 17.1. The monoisotopic (exact) mass is 439 g/mol.